The molecule has 20 heavy (non-hydrogen) atoms. The minimum Gasteiger partial charge on any atom is -0.336 e. The van der Waals surface area contributed by atoms with Gasteiger partial charge in [-0.3, -0.25) is 14.9 Å². The Labute approximate surface area is 122 Å². The van der Waals surface area contributed by atoms with Crippen molar-refractivity contribution in [3.8, 4) is 0 Å². The van der Waals surface area contributed by atoms with Crippen molar-refractivity contribution in [2.75, 3.05) is 6.54 Å². The maximum atomic E-state index is 12.5. The Bertz CT molecular complexity index is 527. The maximum Gasteiger partial charge on any atom is 0.270 e. The topological polar surface area (TPSA) is 63.5 Å². The molecule has 1 aromatic carbocycles. The van der Waals surface area contributed by atoms with Gasteiger partial charge in [0.15, 0.2) is 0 Å². The molecule has 1 fully saturated rings. The first-order valence-electron chi connectivity index (χ1n) is 6.79. The van der Waals surface area contributed by atoms with E-state index < -0.39 is 4.92 Å². The predicted molar refractivity (Wildman–Crippen MR) is 77.1 cm³/mol. The standard InChI is InChI=1S/C14H17ClN2O3/c1-2-16(10-5-3-4-6-10)14(18)12-8-7-11(17(19)20)9-13(12)15/h7-10H,2-6H2,1H3. The molecule has 0 aliphatic heterocycles. The Balaban J connectivity index is 2.25. The summed E-state index contributed by atoms with van der Waals surface area (Å²) in [5, 5.41) is 10.8. The third kappa shape index (κ3) is 2.93. The van der Waals surface area contributed by atoms with Crippen molar-refractivity contribution in [3.63, 3.8) is 0 Å². The van der Waals surface area contributed by atoms with Crippen molar-refractivity contribution in [1.29, 1.82) is 0 Å². The smallest absolute Gasteiger partial charge is 0.270 e. The van der Waals surface area contributed by atoms with Gasteiger partial charge in [0, 0.05) is 24.7 Å². The number of hydrogen-bond donors (Lipinski definition) is 0. The third-order valence-corrected chi connectivity index (χ3v) is 4.07. The molecular formula is C14H17ClN2O3. The van der Waals surface area contributed by atoms with E-state index in [4.69, 9.17) is 11.6 Å². The highest BCUT2D eigenvalue weighted by atomic mass is 35.5. The van der Waals surface area contributed by atoms with Gasteiger partial charge >= 0.3 is 0 Å². The molecular weight excluding hydrogens is 280 g/mol. The zero-order valence-corrected chi connectivity index (χ0v) is 12.1. The lowest BCUT2D eigenvalue weighted by atomic mass is 10.1. The quantitative estimate of drug-likeness (QED) is 0.629. The Hall–Kier alpha value is -1.62. The molecule has 1 saturated carbocycles. The number of nitro benzene ring substituents is 1. The Kier molecular flexibility index (Phi) is 4.60. The molecule has 0 bridgehead atoms. The molecule has 5 nitrogen and oxygen atoms in total. The average Bonchev–Trinajstić information content (AvgIpc) is 2.93. The summed E-state index contributed by atoms with van der Waals surface area (Å²) < 4.78 is 0. The van der Waals surface area contributed by atoms with Crippen LogP contribution in [0.5, 0.6) is 0 Å². The van der Waals surface area contributed by atoms with Crippen molar-refractivity contribution in [2.45, 2.75) is 38.6 Å². The van der Waals surface area contributed by atoms with Crippen LogP contribution in [-0.2, 0) is 0 Å². The van der Waals surface area contributed by atoms with Crippen LogP contribution < -0.4 is 0 Å². The van der Waals surface area contributed by atoms with E-state index in [2.05, 4.69) is 0 Å². The Morgan fingerprint density at radius 2 is 2.10 bits per heavy atom. The van der Waals surface area contributed by atoms with Crippen LogP contribution >= 0.6 is 11.6 Å². The van der Waals surface area contributed by atoms with Crippen LogP contribution in [0.3, 0.4) is 0 Å². The Morgan fingerprint density at radius 1 is 1.45 bits per heavy atom. The van der Waals surface area contributed by atoms with Gasteiger partial charge in [0.1, 0.15) is 0 Å². The van der Waals surface area contributed by atoms with Gasteiger partial charge < -0.3 is 4.90 Å². The summed E-state index contributed by atoms with van der Waals surface area (Å²) in [6, 6.07) is 4.26. The number of halogens is 1. The molecule has 1 amide bonds. The number of benzene rings is 1. The van der Waals surface area contributed by atoms with Crippen LogP contribution in [0, 0.1) is 10.1 Å². The number of hydrogen-bond acceptors (Lipinski definition) is 3. The van der Waals surface area contributed by atoms with Crippen LogP contribution in [0.4, 0.5) is 5.69 Å². The zero-order valence-electron chi connectivity index (χ0n) is 11.3. The van der Waals surface area contributed by atoms with E-state index in [0.717, 1.165) is 25.7 Å². The fraction of sp³-hybridized carbons (Fsp3) is 0.500. The second-order valence-corrected chi connectivity index (χ2v) is 5.36. The molecule has 0 unspecified atom stereocenters. The van der Waals surface area contributed by atoms with Crippen molar-refractivity contribution < 1.29 is 9.72 Å². The van der Waals surface area contributed by atoms with Crippen LogP contribution in [0.1, 0.15) is 43.0 Å². The fourth-order valence-corrected chi connectivity index (χ4v) is 2.98. The molecule has 108 valence electrons. The first-order chi connectivity index (χ1) is 9.54. The van der Waals surface area contributed by atoms with Crippen LogP contribution in [0.15, 0.2) is 18.2 Å². The highest BCUT2D eigenvalue weighted by molar-refractivity contribution is 6.34. The number of nitro groups is 1. The second-order valence-electron chi connectivity index (χ2n) is 4.95. The van der Waals surface area contributed by atoms with Gasteiger partial charge in [-0.1, -0.05) is 24.4 Å². The van der Waals surface area contributed by atoms with E-state index in [1.165, 1.54) is 18.2 Å². The second kappa shape index (κ2) is 6.22. The molecule has 0 radical (unpaired) electrons. The van der Waals surface area contributed by atoms with E-state index in [1.807, 2.05) is 11.8 Å². The summed E-state index contributed by atoms with van der Waals surface area (Å²) >= 11 is 6.02. The molecule has 0 spiro atoms. The molecule has 0 saturated heterocycles. The number of rotatable bonds is 4. The molecule has 1 aliphatic rings. The maximum absolute atomic E-state index is 12.5. The van der Waals surface area contributed by atoms with Gasteiger partial charge in [0.2, 0.25) is 0 Å². The Morgan fingerprint density at radius 3 is 2.60 bits per heavy atom. The SMILES string of the molecule is CCN(C(=O)c1ccc([N+](=O)[O-])cc1Cl)C1CCCC1. The van der Waals surface area contributed by atoms with Gasteiger partial charge in [0.25, 0.3) is 11.6 Å². The van der Waals surface area contributed by atoms with Crippen molar-refractivity contribution in [1.82, 2.24) is 4.90 Å². The van der Waals surface area contributed by atoms with Crippen molar-refractivity contribution in [3.05, 3.63) is 38.9 Å². The van der Waals surface area contributed by atoms with Gasteiger partial charge in [0.05, 0.1) is 15.5 Å². The van der Waals surface area contributed by atoms with Crippen LogP contribution in [0.25, 0.3) is 0 Å². The summed E-state index contributed by atoms with van der Waals surface area (Å²) in [6.07, 6.45) is 4.32. The lowest BCUT2D eigenvalue weighted by Gasteiger charge is -2.28. The van der Waals surface area contributed by atoms with Gasteiger partial charge in [-0.2, -0.15) is 0 Å². The van der Waals surface area contributed by atoms with E-state index in [9.17, 15) is 14.9 Å². The van der Waals surface area contributed by atoms with E-state index in [1.54, 1.807) is 0 Å². The molecule has 0 heterocycles. The third-order valence-electron chi connectivity index (χ3n) is 3.76. The van der Waals surface area contributed by atoms with Crippen LogP contribution in [-0.4, -0.2) is 28.3 Å². The molecule has 6 heteroatoms. The fourth-order valence-electron chi connectivity index (χ4n) is 2.73. The van der Waals surface area contributed by atoms with Gasteiger partial charge in [-0.25, -0.2) is 0 Å². The number of carbonyl (C=O) groups excluding carboxylic acids is 1. The number of carbonyl (C=O) groups is 1. The molecule has 1 aliphatic carbocycles. The first-order valence-corrected chi connectivity index (χ1v) is 7.17. The molecule has 0 atom stereocenters. The summed E-state index contributed by atoms with van der Waals surface area (Å²) in [5.41, 5.74) is 0.237. The molecule has 0 aromatic heterocycles. The molecule has 0 N–H and O–H groups in total. The number of amides is 1. The lowest BCUT2D eigenvalue weighted by Crippen LogP contribution is -2.38. The van der Waals surface area contributed by atoms with E-state index in [0.29, 0.717) is 12.1 Å². The average molecular weight is 297 g/mol. The van der Waals surface area contributed by atoms with E-state index in [-0.39, 0.29) is 22.7 Å². The predicted octanol–water partition coefficient (Wildman–Crippen LogP) is 3.65. The highest BCUT2D eigenvalue weighted by Crippen LogP contribution is 2.28. The largest absolute Gasteiger partial charge is 0.336 e. The van der Waals surface area contributed by atoms with Crippen LogP contribution in [0.2, 0.25) is 5.02 Å². The minimum absolute atomic E-state index is 0.101. The summed E-state index contributed by atoms with van der Waals surface area (Å²) in [5.74, 6) is -0.140. The highest BCUT2D eigenvalue weighted by Gasteiger charge is 2.27. The lowest BCUT2D eigenvalue weighted by molar-refractivity contribution is -0.384. The molecule has 2 rings (SSSR count). The normalized spacial score (nSPS) is 15.3. The summed E-state index contributed by atoms with van der Waals surface area (Å²) in [4.78, 5) is 24.5. The first kappa shape index (κ1) is 14.8. The summed E-state index contributed by atoms with van der Waals surface area (Å²) in [6.45, 7) is 2.56. The number of non-ortho nitro benzene ring substituents is 1. The monoisotopic (exact) mass is 296 g/mol. The minimum atomic E-state index is -0.519. The molecule has 1 aromatic rings. The van der Waals surface area contributed by atoms with Crippen molar-refractivity contribution >= 4 is 23.2 Å². The van der Waals surface area contributed by atoms with E-state index >= 15 is 0 Å². The zero-order chi connectivity index (χ0) is 14.7. The number of nitrogens with zero attached hydrogens (tertiary/aromatic N) is 2. The summed E-state index contributed by atoms with van der Waals surface area (Å²) in [7, 11) is 0. The van der Waals surface area contributed by atoms with Crippen molar-refractivity contribution in [2.24, 2.45) is 0 Å². The van der Waals surface area contributed by atoms with Gasteiger partial charge in [-0.05, 0) is 25.8 Å². The van der Waals surface area contributed by atoms with Gasteiger partial charge in [-0.15, -0.1) is 0 Å².